The van der Waals surface area contributed by atoms with Gasteiger partial charge in [-0.2, -0.15) is 0 Å². The highest BCUT2D eigenvalue weighted by Gasteiger charge is 2.17. The smallest absolute Gasteiger partial charge is 0.412 e. The molecule has 0 spiro atoms. The van der Waals surface area contributed by atoms with Gasteiger partial charge in [-0.15, -0.1) is 0 Å². The molecule has 1 unspecified atom stereocenters. The van der Waals surface area contributed by atoms with Gasteiger partial charge in [0.05, 0.1) is 6.10 Å². The van der Waals surface area contributed by atoms with E-state index in [4.69, 9.17) is 9.47 Å². The summed E-state index contributed by atoms with van der Waals surface area (Å²) in [5.74, 6) is 0.824. The maximum Gasteiger partial charge on any atom is 0.412 e. The quantitative estimate of drug-likeness (QED) is 0.469. The lowest BCUT2D eigenvalue weighted by atomic mass is 9.98. The van der Waals surface area contributed by atoms with Gasteiger partial charge in [0.25, 0.3) is 0 Å². The molecule has 3 N–H and O–H groups in total. The number of alkyl carbamates (subject to hydrolysis) is 1. The molecule has 1 aromatic rings. The molecule has 0 aliphatic rings. The van der Waals surface area contributed by atoms with Crippen molar-refractivity contribution in [3.8, 4) is 5.75 Å². The van der Waals surface area contributed by atoms with Gasteiger partial charge in [0.2, 0.25) is 0 Å². The van der Waals surface area contributed by atoms with Crippen molar-refractivity contribution >= 4 is 12.2 Å². The van der Waals surface area contributed by atoms with E-state index in [1.165, 1.54) is 0 Å². The number of carbonyl (C=O) groups is 2. The summed E-state index contributed by atoms with van der Waals surface area (Å²) in [5.41, 5.74) is 0.0447. The molecule has 1 rings (SSSR count). The number of carbonyl (C=O) groups excluding carboxylic acids is 2. The molecule has 170 valence electrons. The molecule has 0 saturated carbocycles. The number of benzene rings is 1. The van der Waals surface area contributed by atoms with Crippen LogP contribution in [0.5, 0.6) is 5.75 Å². The molecular weight excluding hydrogens is 384 g/mol. The van der Waals surface area contributed by atoms with Gasteiger partial charge in [0.1, 0.15) is 11.4 Å². The van der Waals surface area contributed by atoms with E-state index in [-0.39, 0.29) is 6.54 Å². The van der Waals surface area contributed by atoms with Gasteiger partial charge in [0, 0.05) is 13.1 Å². The van der Waals surface area contributed by atoms with Crippen molar-refractivity contribution in [2.45, 2.75) is 78.4 Å². The summed E-state index contributed by atoms with van der Waals surface area (Å²) >= 11 is 0. The van der Waals surface area contributed by atoms with Crippen molar-refractivity contribution in [1.29, 1.82) is 0 Å². The van der Waals surface area contributed by atoms with Crippen LogP contribution in [0.3, 0.4) is 0 Å². The molecule has 1 aromatic carbocycles. The first-order valence-electron chi connectivity index (χ1n) is 10.8. The second-order valence-corrected chi connectivity index (χ2v) is 8.52. The van der Waals surface area contributed by atoms with E-state index in [9.17, 15) is 14.7 Å². The molecule has 0 bridgehead atoms. The average molecular weight is 423 g/mol. The van der Waals surface area contributed by atoms with Crippen molar-refractivity contribution in [3.05, 3.63) is 29.8 Å². The molecule has 2 amide bonds. The van der Waals surface area contributed by atoms with Crippen LogP contribution in [0.25, 0.3) is 0 Å². The van der Waals surface area contributed by atoms with Gasteiger partial charge in [0.15, 0.2) is 0 Å². The van der Waals surface area contributed by atoms with Crippen LogP contribution in [0.4, 0.5) is 9.59 Å². The van der Waals surface area contributed by atoms with E-state index in [0.717, 1.165) is 25.7 Å². The molecule has 7 nitrogen and oxygen atoms in total. The Hall–Kier alpha value is -2.28. The van der Waals surface area contributed by atoms with Gasteiger partial charge in [-0.3, -0.25) is 0 Å². The van der Waals surface area contributed by atoms with Crippen molar-refractivity contribution in [3.63, 3.8) is 0 Å². The maximum atomic E-state index is 12.1. The van der Waals surface area contributed by atoms with E-state index in [0.29, 0.717) is 30.2 Å². The standard InChI is InChI=1S/C23H38N2O5/c1-6-9-17(10-7-2)16-25-21(27)29-19-12-8-11-18(15-19)20(26)13-14-24-22(28)30-23(3,4)5/h8,11-12,15,17,20,26H,6-7,9-10,13-14,16H2,1-5H3,(H,24,28)(H,25,27). The van der Waals surface area contributed by atoms with Crippen LogP contribution < -0.4 is 15.4 Å². The number of amides is 2. The second kappa shape index (κ2) is 13.1. The van der Waals surface area contributed by atoms with Gasteiger partial charge in [-0.1, -0.05) is 38.8 Å². The number of ether oxygens (including phenoxy) is 2. The van der Waals surface area contributed by atoms with E-state index in [1.54, 1.807) is 45.0 Å². The van der Waals surface area contributed by atoms with Crippen LogP contribution in [0, 0.1) is 5.92 Å². The number of nitrogens with one attached hydrogen (secondary N) is 2. The SMILES string of the molecule is CCCC(CCC)CNC(=O)Oc1cccc(C(O)CCNC(=O)OC(C)(C)C)c1. The number of hydrogen-bond donors (Lipinski definition) is 3. The summed E-state index contributed by atoms with van der Waals surface area (Å²) in [6, 6.07) is 6.78. The monoisotopic (exact) mass is 422 g/mol. The molecule has 0 aliphatic heterocycles. The zero-order valence-corrected chi connectivity index (χ0v) is 19.0. The zero-order chi connectivity index (χ0) is 22.6. The minimum absolute atomic E-state index is 0.262. The lowest BCUT2D eigenvalue weighted by Crippen LogP contribution is -2.33. The molecule has 0 radical (unpaired) electrons. The van der Waals surface area contributed by atoms with Crippen LogP contribution in [-0.4, -0.2) is 36.0 Å². The lowest BCUT2D eigenvalue weighted by molar-refractivity contribution is 0.0518. The predicted octanol–water partition coefficient (Wildman–Crippen LogP) is 4.94. The first-order chi connectivity index (χ1) is 14.1. The molecule has 0 heterocycles. The van der Waals surface area contributed by atoms with Crippen LogP contribution in [-0.2, 0) is 4.74 Å². The van der Waals surface area contributed by atoms with Crippen molar-refractivity contribution < 1.29 is 24.2 Å². The van der Waals surface area contributed by atoms with E-state index in [2.05, 4.69) is 24.5 Å². The van der Waals surface area contributed by atoms with Crippen molar-refractivity contribution in [2.24, 2.45) is 5.92 Å². The van der Waals surface area contributed by atoms with Crippen molar-refractivity contribution in [2.75, 3.05) is 13.1 Å². The molecule has 0 aliphatic carbocycles. The normalized spacial score (nSPS) is 12.4. The van der Waals surface area contributed by atoms with Gasteiger partial charge < -0.3 is 25.2 Å². The third kappa shape index (κ3) is 11.0. The number of rotatable bonds is 11. The fraction of sp³-hybridized carbons (Fsp3) is 0.652. The predicted molar refractivity (Wildman–Crippen MR) is 118 cm³/mol. The highest BCUT2D eigenvalue weighted by atomic mass is 16.6. The summed E-state index contributed by atoms with van der Waals surface area (Å²) in [6.07, 6.45) is 2.82. The van der Waals surface area contributed by atoms with Gasteiger partial charge in [-0.05, 0) is 63.6 Å². The summed E-state index contributed by atoms with van der Waals surface area (Å²) in [4.78, 5) is 23.8. The molecule has 1 atom stereocenters. The second-order valence-electron chi connectivity index (χ2n) is 8.52. The number of hydrogen-bond acceptors (Lipinski definition) is 5. The summed E-state index contributed by atoms with van der Waals surface area (Å²) in [6.45, 7) is 10.5. The highest BCUT2D eigenvalue weighted by molar-refractivity contribution is 5.70. The minimum atomic E-state index is -0.801. The Bertz CT molecular complexity index is 651. The Morgan fingerprint density at radius 1 is 1.03 bits per heavy atom. The largest absolute Gasteiger partial charge is 0.444 e. The molecular formula is C23H38N2O5. The number of aliphatic hydroxyl groups excluding tert-OH is 1. The Balaban J connectivity index is 2.49. The molecule has 7 heteroatoms. The average Bonchev–Trinajstić information content (AvgIpc) is 2.65. The summed E-state index contributed by atoms with van der Waals surface area (Å²) in [5, 5.41) is 15.8. The van der Waals surface area contributed by atoms with Gasteiger partial charge in [-0.25, -0.2) is 9.59 Å². The number of aliphatic hydroxyl groups is 1. The zero-order valence-electron chi connectivity index (χ0n) is 19.0. The van der Waals surface area contributed by atoms with Crippen LogP contribution >= 0.6 is 0 Å². The van der Waals surface area contributed by atoms with E-state index in [1.807, 2.05) is 0 Å². The molecule has 0 saturated heterocycles. The van der Waals surface area contributed by atoms with Crippen molar-refractivity contribution in [1.82, 2.24) is 10.6 Å². The van der Waals surface area contributed by atoms with Crippen LogP contribution in [0.1, 0.15) is 78.4 Å². The van der Waals surface area contributed by atoms with Gasteiger partial charge >= 0.3 is 12.2 Å². The Kier molecular flexibility index (Phi) is 11.3. The lowest BCUT2D eigenvalue weighted by Gasteiger charge is -2.20. The Morgan fingerprint density at radius 2 is 1.70 bits per heavy atom. The van der Waals surface area contributed by atoms with Crippen LogP contribution in [0.15, 0.2) is 24.3 Å². The van der Waals surface area contributed by atoms with Crippen LogP contribution in [0.2, 0.25) is 0 Å². The summed E-state index contributed by atoms with van der Waals surface area (Å²) < 4.78 is 10.5. The topological polar surface area (TPSA) is 96.9 Å². The first kappa shape index (κ1) is 25.8. The Labute approximate surface area is 180 Å². The molecule has 30 heavy (non-hydrogen) atoms. The highest BCUT2D eigenvalue weighted by Crippen LogP contribution is 2.21. The van der Waals surface area contributed by atoms with E-state index < -0.39 is 23.9 Å². The minimum Gasteiger partial charge on any atom is -0.444 e. The third-order valence-electron chi connectivity index (χ3n) is 4.47. The third-order valence-corrected chi connectivity index (χ3v) is 4.47. The van der Waals surface area contributed by atoms with E-state index >= 15 is 0 Å². The molecule has 0 aromatic heterocycles. The maximum absolute atomic E-state index is 12.1. The summed E-state index contributed by atoms with van der Waals surface area (Å²) in [7, 11) is 0. The Morgan fingerprint density at radius 3 is 2.30 bits per heavy atom. The molecule has 0 fully saturated rings. The first-order valence-corrected chi connectivity index (χ1v) is 10.8. The fourth-order valence-corrected chi connectivity index (χ4v) is 3.11. The fourth-order valence-electron chi connectivity index (χ4n) is 3.11.